The summed E-state index contributed by atoms with van der Waals surface area (Å²) in [5, 5.41) is 4.80. The zero-order valence-corrected chi connectivity index (χ0v) is 11.9. The van der Waals surface area contributed by atoms with E-state index in [9.17, 15) is 9.59 Å². The zero-order valence-electron chi connectivity index (χ0n) is 11.1. The molecule has 1 aromatic rings. The summed E-state index contributed by atoms with van der Waals surface area (Å²) in [6, 6.07) is 1.80. The molecule has 0 unspecified atom stereocenters. The molecule has 5 heteroatoms. The SMILES string of the molecule is CC(=O)c1cc(CC(=O)NCC[C@@H]2CCOC2)cs1. The number of carbonyl (C=O) groups is 2. The molecule has 0 aromatic carbocycles. The number of ketones is 1. The van der Waals surface area contributed by atoms with Gasteiger partial charge in [0.2, 0.25) is 5.91 Å². The molecule has 1 aromatic heterocycles. The van der Waals surface area contributed by atoms with Crippen LogP contribution in [0.1, 0.15) is 35.0 Å². The lowest BCUT2D eigenvalue weighted by molar-refractivity contribution is -0.120. The number of Topliss-reactive ketones (excluding diaryl/α,β-unsaturated/α-hetero) is 1. The molecule has 1 aliphatic heterocycles. The summed E-state index contributed by atoms with van der Waals surface area (Å²) in [6.45, 7) is 3.92. The molecule has 0 saturated carbocycles. The molecule has 1 amide bonds. The largest absolute Gasteiger partial charge is 0.381 e. The van der Waals surface area contributed by atoms with Crippen LogP contribution in [0.25, 0.3) is 0 Å². The predicted octanol–water partition coefficient (Wildman–Crippen LogP) is 2.04. The van der Waals surface area contributed by atoms with Crippen molar-refractivity contribution in [3.05, 3.63) is 21.9 Å². The molecule has 0 radical (unpaired) electrons. The minimum atomic E-state index is 0.0202. The lowest BCUT2D eigenvalue weighted by atomic mass is 10.1. The third kappa shape index (κ3) is 4.44. The molecule has 1 aliphatic rings. The highest BCUT2D eigenvalue weighted by Gasteiger charge is 2.15. The van der Waals surface area contributed by atoms with E-state index in [2.05, 4.69) is 5.32 Å². The summed E-state index contributed by atoms with van der Waals surface area (Å²) in [6.07, 6.45) is 2.43. The van der Waals surface area contributed by atoms with Crippen LogP contribution in [0, 0.1) is 5.92 Å². The van der Waals surface area contributed by atoms with Crippen LogP contribution in [0.15, 0.2) is 11.4 Å². The molecule has 2 rings (SSSR count). The number of thiophene rings is 1. The first-order valence-corrected chi connectivity index (χ1v) is 7.46. The second kappa shape index (κ2) is 6.82. The van der Waals surface area contributed by atoms with Gasteiger partial charge in [0.05, 0.1) is 11.3 Å². The summed E-state index contributed by atoms with van der Waals surface area (Å²) in [5.41, 5.74) is 0.914. The summed E-state index contributed by atoms with van der Waals surface area (Å²) in [7, 11) is 0. The van der Waals surface area contributed by atoms with Gasteiger partial charge in [0.15, 0.2) is 5.78 Å². The number of nitrogens with one attached hydrogen (secondary N) is 1. The standard InChI is InChI=1S/C14H19NO3S/c1-10(16)13-6-12(9-19-13)7-14(17)15-4-2-11-3-5-18-8-11/h6,9,11H,2-5,7-8H2,1H3,(H,15,17)/t11-/m1/s1. The van der Waals surface area contributed by atoms with Crippen molar-refractivity contribution in [2.24, 2.45) is 5.92 Å². The van der Waals surface area contributed by atoms with Gasteiger partial charge in [0, 0.05) is 19.8 Å². The van der Waals surface area contributed by atoms with Gasteiger partial charge < -0.3 is 10.1 Å². The van der Waals surface area contributed by atoms with Crippen LogP contribution in [0.3, 0.4) is 0 Å². The number of ether oxygens (including phenoxy) is 1. The molecule has 19 heavy (non-hydrogen) atoms. The van der Waals surface area contributed by atoms with Crippen molar-refractivity contribution in [2.45, 2.75) is 26.2 Å². The Bertz CT molecular complexity index is 449. The highest BCUT2D eigenvalue weighted by Crippen LogP contribution is 2.16. The van der Waals surface area contributed by atoms with Crippen molar-refractivity contribution in [1.82, 2.24) is 5.32 Å². The van der Waals surface area contributed by atoms with Crippen LogP contribution in [-0.4, -0.2) is 31.4 Å². The molecule has 2 heterocycles. The Morgan fingerprint density at radius 1 is 1.53 bits per heavy atom. The minimum Gasteiger partial charge on any atom is -0.381 e. The van der Waals surface area contributed by atoms with E-state index in [0.717, 1.165) is 31.6 Å². The van der Waals surface area contributed by atoms with Crippen molar-refractivity contribution in [2.75, 3.05) is 19.8 Å². The molecule has 1 saturated heterocycles. The quantitative estimate of drug-likeness (QED) is 0.812. The molecule has 0 bridgehead atoms. The molecule has 1 N–H and O–H groups in total. The van der Waals surface area contributed by atoms with Gasteiger partial charge >= 0.3 is 0 Å². The first-order valence-electron chi connectivity index (χ1n) is 6.58. The number of hydrogen-bond acceptors (Lipinski definition) is 4. The van der Waals surface area contributed by atoms with Gasteiger partial charge in [-0.2, -0.15) is 0 Å². The monoisotopic (exact) mass is 281 g/mol. The Kier molecular flexibility index (Phi) is 5.10. The Hall–Kier alpha value is -1.20. The molecular weight excluding hydrogens is 262 g/mol. The van der Waals surface area contributed by atoms with Gasteiger partial charge in [-0.15, -0.1) is 11.3 Å². The highest BCUT2D eigenvalue weighted by atomic mass is 32.1. The van der Waals surface area contributed by atoms with E-state index in [1.54, 1.807) is 13.0 Å². The first-order chi connectivity index (χ1) is 9.15. The number of hydrogen-bond donors (Lipinski definition) is 1. The smallest absolute Gasteiger partial charge is 0.224 e. The fourth-order valence-electron chi connectivity index (χ4n) is 2.13. The van der Waals surface area contributed by atoms with Crippen LogP contribution in [0.4, 0.5) is 0 Å². The Morgan fingerprint density at radius 2 is 2.37 bits per heavy atom. The maximum absolute atomic E-state index is 11.7. The third-order valence-corrected chi connectivity index (χ3v) is 4.34. The number of amides is 1. The van der Waals surface area contributed by atoms with Gasteiger partial charge in [0.1, 0.15) is 0 Å². The van der Waals surface area contributed by atoms with Crippen LogP contribution in [0.2, 0.25) is 0 Å². The van der Waals surface area contributed by atoms with Gasteiger partial charge in [-0.25, -0.2) is 0 Å². The fraction of sp³-hybridized carbons (Fsp3) is 0.571. The Balaban J connectivity index is 1.69. The lowest BCUT2D eigenvalue weighted by Gasteiger charge is -2.08. The average molecular weight is 281 g/mol. The van der Waals surface area contributed by atoms with Crippen LogP contribution in [-0.2, 0) is 16.0 Å². The Labute approximate surface area is 117 Å². The van der Waals surface area contributed by atoms with Crippen molar-refractivity contribution < 1.29 is 14.3 Å². The van der Waals surface area contributed by atoms with Crippen molar-refractivity contribution in [3.63, 3.8) is 0 Å². The van der Waals surface area contributed by atoms with Gasteiger partial charge in [-0.1, -0.05) is 0 Å². The zero-order chi connectivity index (χ0) is 13.7. The van der Waals surface area contributed by atoms with Crippen LogP contribution in [0.5, 0.6) is 0 Å². The highest BCUT2D eigenvalue weighted by molar-refractivity contribution is 7.12. The van der Waals surface area contributed by atoms with Gasteiger partial charge in [-0.05, 0) is 42.7 Å². The van der Waals surface area contributed by atoms with E-state index >= 15 is 0 Å². The Morgan fingerprint density at radius 3 is 3.00 bits per heavy atom. The van der Waals surface area contributed by atoms with E-state index in [0.29, 0.717) is 23.8 Å². The molecule has 0 aliphatic carbocycles. The summed E-state index contributed by atoms with van der Waals surface area (Å²) in [5.74, 6) is 0.662. The molecule has 1 atom stereocenters. The topological polar surface area (TPSA) is 55.4 Å². The fourth-order valence-corrected chi connectivity index (χ4v) is 2.94. The molecule has 104 valence electrons. The normalized spacial score (nSPS) is 18.5. The molecule has 4 nitrogen and oxygen atoms in total. The van der Waals surface area contributed by atoms with E-state index in [4.69, 9.17) is 4.74 Å². The van der Waals surface area contributed by atoms with E-state index in [-0.39, 0.29) is 11.7 Å². The molecular formula is C14H19NO3S. The summed E-state index contributed by atoms with van der Waals surface area (Å²) < 4.78 is 5.29. The minimum absolute atomic E-state index is 0.0202. The second-order valence-electron chi connectivity index (χ2n) is 4.92. The van der Waals surface area contributed by atoms with Crippen molar-refractivity contribution in [3.8, 4) is 0 Å². The number of carbonyl (C=O) groups excluding carboxylic acids is 2. The molecule has 0 spiro atoms. The third-order valence-electron chi connectivity index (χ3n) is 3.26. The van der Waals surface area contributed by atoms with Crippen molar-refractivity contribution in [1.29, 1.82) is 0 Å². The maximum Gasteiger partial charge on any atom is 0.224 e. The number of rotatable bonds is 6. The van der Waals surface area contributed by atoms with Crippen LogP contribution < -0.4 is 5.32 Å². The summed E-state index contributed by atoms with van der Waals surface area (Å²) >= 11 is 1.40. The van der Waals surface area contributed by atoms with E-state index in [1.807, 2.05) is 5.38 Å². The first kappa shape index (κ1) is 14.2. The second-order valence-corrected chi connectivity index (χ2v) is 5.83. The van der Waals surface area contributed by atoms with Crippen LogP contribution >= 0.6 is 11.3 Å². The predicted molar refractivity (Wildman–Crippen MR) is 74.6 cm³/mol. The van der Waals surface area contributed by atoms with E-state index in [1.165, 1.54) is 11.3 Å². The van der Waals surface area contributed by atoms with Gasteiger partial charge in [-0.3, -0.25) is 9.59 Å². The molecule has 1 fully saturated rings. The van der Waals surface area contributed by atoms with Crippen molar-refractivity contribution >= 4 is 23.0 Å². The lowest BCUT2D eigenvalue weighted by Crippen LogP contribution is -2.27. The van der Waals surface area contributed by atoms with E-state index < -0.39 is 0 Å². The summed E-state index contributed by atoms with van der Waals surface area (Å²) in [4.78, 5) is 23.6. The van der Waals surface area contributed by atoms with Gasteiger partial charge in [0.25, 0.3) is 0 Å². The average Bonchev–Trinajstić information content (AvgIpc) is 3.00. The maximum atomic E-state index is 11.7.